The Balaban J connectivity index is 1.73. The van der Waals surface area contributed by atoms with Crippen LogP contribution in [0.2, 0.25) is 0 Å². The van der Waals surface area contributed by atoms with Crippen LogP contribution in [-0.4, -0.2) is 64.9 Å². The summed E-state index contributed by atoms with van der Waals surface area (Å²) in [6.45, 7) is 11.1. The Labute approximate surface area is 308 Å². The van der Waals surface area contributed by atoms with Crippen molar-refractivity contribution in [3.8, 4) is 11.5 Å². The molecule has 0 aliphatic carbocycles. The zero-order chi connectivity index (χ0) is 39.1. The molecule has 0 aliphatic rings. The standard InChI is InChI=1S/C40H48F2N2O9/c1-6-13-51-31-11-7-9-26(18-31)20-33(37(45)46)43-35(14-24(2)3)39(49)53-40(50)36(15-25(4)5)44-34(38(47)48)21-27-10-8-12-32(19-27)52-23-28-16-29(41)22-30(42)17-28/h6-12,16-19,22,24-25,33-36,43-44H,1,13-15,20-21,23H2,2-5H3,(H,45,46)(H,47,48). The van der Waals surface area contributed by atoms with E-state index in [-0.39, 0.29) is 56.3 Å². The van der Waals surface area contributed by atoms with E-state index in [1.807, 2.05) is 27.7 Å². The van der Waals surface area contributed by atoms with Gasteiger partial charge in [0.1, 0.15) is 60.5 Å². The highest BCUT2D eigenvalue weighted by Gasteiger charge is 2.34. The van der Waals surface area contributed by atoms with E-state index in [0.717, 1.165) is 18.2 Å². The van der Waals surface area contributed by atoms with E-state index in [1.165, 1.54) is 0 Å². The molecule has 53 heavy (non-hydrogen) atoms. The molecular formula is C40H48F2N2O9. The number of hydrogen-bond donors (Lipinski definition) is 4. The highest BCUT2D eigenvalue weighted by molar-refractivity contribution is 5.91. The van der Waals surface area contributed by atoms with Gasteiger partial charge in [-0.2, -0.15) is 0 Å². The smallest absolute Gasteiger partial charge is 0.330 e. The summed E-state index contributed by atoms with van der Waals surface area (Å²) in [6, 6.07) is 11.5. The van der Waals surface area contributed by atoms with Gasteiger partial charge in [-0.15, -0.1) is 0 Å². The third kappa shape index (κ3) is 14.8. The average Bonchev–Trinajstić information content (AvgIpc) is 3.08. The molecule has 0 spiro atoms. The van der Waals surface area contributed by atoms with Crippen LogP contribution in [0, 0.1) is 23.5 Å². The van der Waals surface area contributed by atoms with E-state index in [0.29, 0.717) is 22.6 Å². The number of benzene rings is 3. The topological polar surface area (TPSA) is 160 Å². The summed E-state index contributed by atoms with van der Waals surface area (Å²) < 4.78 is 43.7. The maximum atomic E-state index is 13.6. The van der Waals surface area contributed by atoms with Gasteiger partial charge in [-0.25, -0.2) is 18.4 Å². The molecule has 0 aliphatic heterocycles. The van der Waals surface area contributed by atoms with Gasteiger partial charge in [-0.05, 0) is 90.6 Å². The summed E-state index contributed by atoms with van der Waals surface area (Å²) in [5, 5.41) is 25.8. The highest BCUT2D eigenvalue weighted by Crippen LogP contribution is 2.20. The molecule has 0 saturated carbocycles. The Hall–Kier alpha value is -5.14. The number of carboxylic acid groups (broad SMARTS) is 2. The van der Waals surface area contributed by atoms with Crippen molar-refractivity contribution >= 4 is 23.9 Å². The molecule has 3 rings (SSSR count). The first-order valence-electron chi connectivity index (χ1n) is 17.4. The number of hydrogen-bond acceptors (Lipinski definition) is 9. The molecule has 0 radical (unpaired) electrons. The fourth-order valence-electron chi connectivity index (χ4n) is 5.58. The molecule has 11 nitrogen and oxygen atoms in total. The van der Waals surface area contributed by atoms with Gasteiger partial charge in [0.15, 0.2) is 0 Å². The Morgan fingerprint density at radius 2 is 1.13 bits per heavy atom. The minimum absolute atomic E-state index is 0.00383. The van der Waals surface area contributed by atoms with Gasteiger partial charge in [0.2, 0.25) is 0 Å². The van der Waals surface area contributed by atoms with E-state index in [9.17, 15) is 38.2 Å². The minimum Gasteiger partial charge on any atom is -0.490 e. The number of nitrogens with one attached hydrogen (secondary N) is 2. The van der Waals surface area contributed by atoms with Crippen molar-refractivity contribution in [2.24, 2.45) is 11.8 Å². The number of carbonyl (C=O) groups excluding carboxylic acids is 2. The number of esters is 2. The normalized spacial score (nSPS) is 13.5. The van der Waals surface area contributed by atoms with E-state index >= 15 is 0 Å². The summed E-state index contributed by atoms with van der Waals surface area (Å²) in [5.41, 5.74) is 1.44. The Kier molecular flexibility index (Phi) is 16.6. The fourth-order valence-corrected chi connectivity index (χ4v) is 5.58. The van der Waals surface area contributed by atoms with Gasteiger partial charge in [0, 0.05) is 6.07 Å². The first-order chi connectivity index (χ1) is 25.1. The van der Waals surface area contributed by atoms with Crippen LogP contribution < -0.4 is 20.1 Å². The molecule has 0 aromatic heterocycles. The molecule has 4 atom stereocenters. The molecule has 0 fully saturated rings. The lowest BCUT2D eigenvalue weighted by molar-refractivity contribution is -0.163. The lowest BCUT2D eigenvalue weighted by Gasteiger charge is -2.26. The predicted molar refractivity (Wildman–Crippen MR) is 193 cm³/mol. The van der Waals surface area contributed by atoms with Crippen molar-refractivity contribution in [2.45, 2.75) is 84.2 Å². The van der Waals surface area contributed by atoms with Crippen LogP contribution in [0.1, 0.15) is 57.2 Å². The Bertz CT molecular complexity index is 1690. The van der Waals surface area contributed by atoms with Crippen LogP contribution in [0.25, 0.3) is 0 Å². The molecule has 3 aromatic carbocycles. The fraction of sp³-hybridized carbons (Fsp3) is 0.400. The Morgan fingerprint density at radius 1 is 0.679 bits per heavy atom. The van der Waals surface area contributed by atoms with Gasteiger partial charge >= 0.3 is 23.9 Å². The van der Waals surface area contributed by atoms with Gasteiger partial charge in [-0.3, -0.25) is 20.2 Å². The number of ether oxygens (including phenoxy) is 3. The van der Waals surface area contributed by atoms with Crippen LogP contribution in [0.4, 0.5) is 8.78 Å². The predicted octanol–water partition coefficient (Wildman–Crippen LogP) is 5.88. The first-order valence-corrected chi connectivity index (χ1v) is 17.4. The van der Waals surface area contributed by atoms with E-state index < -0.39 is 59.7 Å². The zero-order valence-corrected chi connectivity index (χ0v) is 30.4. The van der Waals surface area contributed by atoms with Gasteiger partial charge in [-0.1, -0.05) is 64.6 Å². The molecule has 286 valence electrons. The van der Waals surface area contributed by atoms with Crippen molar-refractivity contribution in [1.82, 2.24) is 10.6 Å². The van der Waals surface area contributed by atoms with Crippen LogP contribution in [0.5, 0.6) is 11.5 Å². The largest absolute Gasteiger partial charge is 0.490 e. The zero-order valence-electron chi connectivity index (χ0n) is 30.4. The van der Waals surface area contributed by atoms with Gasteiger partial charge < -0.3 is 24.4 Å². The van der Waals surface area contributed by atoms with Gasteiger partial charge in [0.05, 0.1) is 0 Å². The van der Waals surface area contributed by atoms with Crippen molar-refractivity contribution in [3.05, 3.63) is 108 Å². The second-order valence-corrected chi connectivity index (χ2v) is 13.6. The van der Waals surface area contributed by atoms with Crippen LogP contribution in [0.3, 0.4) is 0 Å². The minimum atomic E-state index is -1.29. The quantitative estimate of drug-likeness (QED) is 0.0554. The van der Waals surface area contributed by atoms with E-state index in [1.54, 1.807) is 54.6 Å². The monoisotopic (exact) mass is 738 g/mol. The average molecular weight is 739 g/mol. The summed E-state index contributed by atoms with van der Waals surface area (Å²) >= 11 is 0. The summed E-state index contributed by atoms with van der Waals surface area (Å²) in [5.74, 6) is -5.28. The summed E-state index contributed by atoms with van der Waals surface area (Å²) in [7, 11) is 0. The Morgan fingerprint density at radius 3 is 1.55 bits per heavy atom. The molecule has 4 unspecified atom stereocenters. The highest BCUT2D eigenvalue weighted by atomic mass is 19.1. The van der Waals surface area contributed by atoms with E-state index in [4.69, 9.17) is 14.2 Å². The number of carboxylic acids is 2. The van der Waals surface area contributed by atoms with E-state index in [2.05, 4.69) is 17.2 Å². The number of rotatable bonds is 22. The summed E-state index contributed by atoms with van der Waals surface area (Å²) in [4.78, 5) is 51.7. The van der Waals surface area contributed by atoms with Gasteiger partial charge in [0.25, 0.3) is 0 Å². The molecule has 4 N–H and O–H groups in total. The maximum Gasteiger partial charge on any atom is 0.330 e. The summed E-state index contributed by atoms with van der Waals surface area (Å²) in [6.07, 6.45) is 1.79. The number of aliphatic carboxylic acids is 2. The maximum absolute atomic E-state index is 13.6. The van der Waals surface area contributed by atoms with Crippen LogP contribution in [-0.2, 0) is 43.4 Å². The lowest BCUT2D eigenvalue weighted by atomic mass is 9.99. The van der Waals surface area contributed by atoms with Crippen molar-refractivity contribution in [2.75, 3.05) is 6.61 Å². The molecule has 0 saturated heterocycles. The second-order valence-electron chi connectivity index (χ2n) is 13.6. The van der Waals surface area contributed by atoms with Crippen molar-refractivity contribution in [3.63, 3.8) is 0 Å². The SMILES string of the molecule is C=CCOc1cccc(CC(NC(CC(C)C)C(=O)OC(=O)C(CC(C)C)NC(Cc2cccc(OCc3cc(F)cc(F)c3)c2)C(=O)O)C(=O)O)c1. The molecule has 3 aromatic rings. The third-order valence-corrected chi connectivity index (χ3v) is 7.96. The second kappa shape index (κ2) is 20.8. The molecule has 0 heterocycles. The molecule has 0 bridgehead atoms. The van der Waals surface area contributed by atoms with Crippen molar-refractivity contribution < 1.29 is 52.4 Å². The third-order valence-electron chi connectivity index (χ3n) is 7.96. The number of halogens is 2. The van der Waals surface area contributed by atoms with Crippen LogP contribution in [0.15, 0.2) is 79.4 Å². The molecule has 0 amide bonds. The van der Waals surface area contributed by atoms with Crippen molar-refractivity contribution in [1.29, 1.82) is 0 Å². The lowest BCUT2D eigenvalue weighted by Crippen LogP contribution is -2.52. The molecule has 13 heteroatoms. The first kappa shape index (κ1) is 42.3. The number of carbonyl (C=O) groups is 4. The molecular weight excluding hydrogens is 690 g/mol. The van der Waals surface area contributed by atoms with Crippen LogP contribution >= 0.6 is 0 Å².